The van der Waals surface area contributed by atoms with Crippen LogP contribution in [-0.4, -0.2) is 41.2 Å². The van der Waals surface area contributed by atoms with Crippen molar-refractivity contribution in [1.29, 1.82) is 0 Å². The summed E-state index contributed by atoms with van der Waals surface area (Å²) in [4.78, 5) is 23.0. The number of rotatable bonds is 6. The predicted molar refractivity (Wildman–Crippen MR) is 82.1 cm³/mol. The number of carboxylic acid groups (broad SMARTS) is 1. The van der Waals surface area contributed by atoms with Crippen LogP contribution in [0.5, 0.6) is 0 Å². The number of thioether (sulfide) groups is 1. The molecule has 20 heavy (non-hydrogen) atoms. The molecule has 1 aliphatic rings. The molecule has 0 radical (unpaired) electrons. The van der Waals surface area contributed by atoms with Crippen LogP contribution in [0, 0.1) is 11.8 Å². The van der Waals surface area contributed by atoms with Gasteiger partial charge in [-0.05, 0) is 49.5 Å². The van der Waals surface area contributed by atoms with Crippen LogP contribution in [0.1, 0.15) is 39.5 Å². The minimum Gasteiger partial charge on any atom is -0.480 e. The van der Waals surface area contributed by atoms with Crippen molar-refractivity contribution in [2.24, 2.45) is 11.8 Å². The van der Waals surface area contributed by atoms with Gasteiger partial charge in [-0.25, -0.2) is 9.59 Å². The molecule has 1 saturated carbocycles. The van der Waals surface area contributed by atoms with Gasteiger partial charge in [0.2, 0.25) is 0 Å². The molecule has 5 nitrogen and oxygen atoms in total. The average molecular weight is 302 g/mol. The molecule has 0 spiro atoms. The standard InChI is InChI=1S/C14H26N2O3S/c1-9-4-5-11(8-10(9)2)15-14(19)16-12(13(17)18)6-7-20-3/h9-12H,4-8H2,1-3H3,(H,17,18)(H2,15,16,19). The number of aliphatic carboxylic acids is 1. The third-order valence-corrected chi connectivity index (χ3v) is 4.79. The van der Waals surface area contributed by atoms with E-state index in [0.29, 0.717) is 18.3 Å². The number of carbonyl (C=O) groups is 2. The summed E-state index contributed by atoms with van der Waals surface area (Å²) in [6.45, 7) is 4.44. The maximum atomic E-state index is 11.9. The fourth-order valence-corrected chi connectivity index (χ4v) is 3.03. The first kappa shape index (κ1) is 17.1. The van der Waals surface area contributed by atoms with Crippen LogP contribution in [0.3, 0.4) is 0 Å². The van der Waals surface area contributed by atoms with Crippen molar-refractivity contribution < 1.29 is 14.7 Å². The molecule has 0 aromatic carbocycles. The molecule has 2 amide bonds. The highest BCUT2D eigenvalue weighted by molar-refractivity contribution is 7.98. The van der Waals surface area contributed by atoms with Gasteiger partial charge in [-0.3, -0.25) is 0 Å². The van der Waals surface area contributed by atoms with Gasteiger partial charge in [-0.2, -0.15) is 11.8 Å². The molecule has 0 saturated heterocycles. The second-order valence-electron chi connectivity index (χ2n) is 5.75. The predicted octanol–water partition coefficient (Wildman–Crippen LogP) is 2.32. The summed E-state index contributed by atoms with van der Waals surface area (Å²) in [5.41, 5.74) is 0. The second-order valence-corrected chi connectivity index (χ2v) is 6.74. The van der Waals surface area contributed by atoms with Crippen LogP contribution in [0.25, 0.3) is 0 Å². The Morgan fingerprint density at radius 3 is 2.55 bits per heavy atom. The van der Waals surface area contributed by atoms with Gasteiger partial charge in [0, 0.05) is 6.04 Å². The fraction of sp³-hybridized carbons (Fsp3) is 0.857. The van der Waals surface area contributed by atoms with Crippen molar-refractivity contribution in [3.8, 4) is 0 Å². The Balaban J connectivity index is 2.39. The van der Waals surface area contributed by atoms with Crippen LogP contribution >= 0.6 is 11.8 Å². The maximum absolute atomic E-state index is 11.9. The SMILES string of the molecule is CSCCC(NC(=O)NC1CCC(C)C(C)C1)C(=O)O. The van der Waals surface area contributed by atoms with Crippen molar-refractivity contribution in [3.05, 3.63) is 0 Å². The molecule has 1 fully saturated rings. The van der Waals surface area contributed by atoms with Gasteiger partial charge in [0.15, 0.2) is 0 Å². The van der Waals surface area contributed by atoms with Crippen molar-refractivity contribution in [2.75, 3.05) is 12.0 Å². The van der Waals surface area contributed by atoms with Gasteiger partial charge in [0.05, 0.1) is 0 Å². The lowest BCUT2D eigenvalue weighted by Gasteiger charge is -2.32. The second kappa shape index (κ2) is 8.39. The Bertz CT molecular complexity index is 338. The third-order valence-electron chi connectivity index (χ3n) is 4.15. The zero-order valence-electron chi connectivity index (χ0n) is 12.5. The molecule has 6 heteroatoms. The highest BCUT2D eigenvalue weighted by Crippen LogP contribution is 2.29. The van der Waals surface area contributed by atoms with E-state index >= 15 is 0 Å². The van der Waals surface area contributed by atoms with E-state index in [4.69, 9.17) is 5.11 Å². The Morgan fingerprint density at radius 2 is 2.00 bits per heavy atom. The lowest BCUT2D eigenvalue weighted by atomic mass is 9.79. The zero-order chi connectivity index (χ0) is 15.1. The summed E-state index contributed by atoms with van der Waals surface area (Å²) in [6, 6.07) is -0.996. The maximum Gasteiger partial charge on any atom is 0.326 e. The van der Waals surface area contributed by atoms with Crippen molar-refractivity contribution >= 4 is 23.8 Å². The van der Waals surface area contributed by atoms with E-state index in [0.717, 1.165) is 25.0 Å². The highest BCUT2D eigenvalue weighted by Gasteiger charge is 2.26. The lowest BCUT2D eigenvalue weighted by molar-refractivity contribution is -0.139. The number of amides is 2. The van der Waals surface area contributed by atoms with E-state index < -0.39 is 12.0 Å². The van der Waals surface area contributed by atoms with E-state index in [9.17, 15) is 9.59 Å². The fourth-order valence-electron chi connectivity index (χ4n) is 2.56. The van der Waals surface area contributed by atoms with Gasteiger partial charge in [-0.1, -0.05) is 13.8 Å². The number of carboxylic acids is 1. The van der Waals surface area contributed by atoms with Gasteiger partial charge in [-0.15, -0.1) is 0 Å². The number of carbonyl (C=O) groups excluding carboxylic acids is 1. The minimum atomic E-state index is -0.972. The first-order valence-corrected chi connectivity index (χ1v) is 8.62. The molecule has 0 aromatic heterocycles. The first-order valence-electron chi connectivity index (χ1n) is 7.22. The Morgan fingerprint density at radius 1 is 1.30 bits per heavy atom. The van der Waals surface area contributed by atoms with Gasteiger partial charge in [0.1, 0.15) is 6.04 Å². The van der Waals surface area contributed by atoms with Crippen molar-refractivity contribution in [1.82, 2.24) is 10.6 Å². The van der Waals surface area contributed by atoms with E-state index in [1.165, 1.54) is 0 Å². The Kier molecular flexibility index (Phi) is 7.19. The smallest absolute Gasteiger partial charge is 0.326 e. The van der Waals surface area contributed by atoms with E-state index in [-0.39, 0.29) is 12.1 Å². The van der Waals surface area contributed by atoms with Crippen molar-refractivity contribution in [3.63, 3.8) is 0 Å². The summed E-state index contributed by atoms with van der Waals surface area (Å²) in [7, 11) is 0. The highest BCUT2D eigenvalue weighted by atomic mass is 32.2. The van der Waals surface area contributed by atoms with Gasteiger partial charge < -0.3 is 15.7 Å². The summed E-state index contributed by atoms with van der Waals surface area (Å²) < 4.78 is 0. The Hall–Kier alpha value is -0.910. The molecular formula is C14H26N2O3S. The van der Waals surface area contributed by atoms with Crippen molar-refractivity contribution in [2.45, 2.75) is 51.6 Å². The third kappa shape index (κ3) is 5.61. The summed E-state index contributed by atoms with van der Waals surface area (Å²) in [6.07, 6.45) is 5.42. The molecule has 1 rings (SSSR count). The summed E-state index contributed by atoms with van der Waals surface area (Å²) in [5, 5.41) is 14.6. The molecule has 1 aliphatic carbocycles. The molecule has 0 heterocycles. The number of urea groups is 1. The van der Waals surface area contributed by atoms with Crippen LogP contribution in [-0.2, 0) is 4.79 Å². The first-order chi connectivity index (χ1) is 9.43. The summed E-state index contributed by atoms with van der Waals surface area (Å²) >= 11 is 1.58. The summed E-state index contributed by atoms with van der Waals surface area (Å²) in [5.74, 6) is 1.04. The normalized spacial score (nSPS) is 27.6. The minimum absolute atomic E-state index is 0.163. The van der Waals surface area contributed by atoms with Gasteiger partial charge in [0.25, 0.3) is 0 Å². The molecule has 4 unspecified atom stereocenters. The van der Waals surface area contributed by atoms with Crippen LogP contribution in [0.15, 0.2) is 0 Å². The molecule has 4 atom stereocenters. The van der Waals surface area contributed by atoms with Crippen LogP contribution in [0.4, 0.5) is 4.79 Å². The monoisotopic (exact) mass is 302 g/mol. The van der Waals surface area contributed by atoms with Crippen LogP contribution < -0.4 is 10.6 Å². The van der Waals surface area contributed by atoms with E-state index in [1.54, 1.807) is 11.8 Å². The van der Waals surface area contributed by atoms with E-state index in [2.05, 4.69) is 24.5 Å². The zero-order valence-corrected chi connectivity index (χ0v) is 13.3. The molecule has 116 valence electrons. The molecule has 3 N–H and O–H groups in total. The number of hydrogen-bond donors (Lipinski definition) is 3. The molecular weight excluding hydrogens is 276 g/mol. The van der Waals surface area contributed by atoms with E-state index in [1.807, 2.05) is 6.26 Å². The van der Waals surface area contributed by atoms with Gasteiger partial charge >= 0.3 is 12.0 Å². The quantitative estimate of drug-likeness (QED) is 0.703. The Labute approximate surface area is 125 Å². The largest absolute Gasteiger partial charge is 0.480 e. The topological polar surface area (TPSA) is 78.4 Å². The van der Waals surface area contributed by atoms with Crippen LogP contribution in [0.2, 0.25) is 0 Å². The lowest BCUT2D eigenvalue weighted by Crippen LogP contribution is -2.50. The molecule has 0 aliphatic heterocycles. The molecule has 0 aromatic rings. The number of hydrogen-bond acceptors (Lipinski definition) is 3. The number of nitrogens with one attached hydrogen (secondary N) is 2. The molecule has 0 bridgehead atoms. The average Bonchev–Trinajstić information content (AvgIpc) is 2.38.